The number of anilines is 2. The van der Waals surface area contributed by atoms with Crippen LogP contribution in [-0.4, -0.2) is 29.6 Å². The lowest BCUT2D eigenvalue weighted by molar-refractivity contribution is -0.119. The van der Waals surface area contributed by atoms with Crippen LogP contribution in [0.4, 0.5) is 11.5 Å². The minimum absolute atomic E-state index is 0.00616. The topological polar surface area (TPSA) is 94.5 Å². The van der Waals surface area contributed by atoms with E-state index in [0.29, 0.717) is 17.4 Å². The lowest BCUT2D eigenvalue weighted by atomic mass is 10.0. The first kappa shape index (κ1) is 14.4. The van der Waals surface area contributed by atoms with E-state index in [1.807, 2.05) is 24.8 Å². The number of carbonyl (C=O) groups is 1. The molecule has 1 aromatic rings. The number of piperidine rings is 1. The van der Waals surface area contributed by atoms with Gasteiger partial charge in [0.25, 0.3) is 0 Å². The van der Waals surface area contributed by atoms with Gasteiger partial charge in [0.2, 0.25) is 11.8 Å². The maximum Gasteiger partial charge on any atom is 0.240 e. The molecular formula is C14H22N4O2. The van der Waals surface area contributed by atoms with Crippen molar-refractivity contribution < 1.29 is 9.53 Å². The van der Waals surface area contributed by atoms with E-state index in [0.717, 1.165) is 25.8 Å². The number of ether oxygens (including phenoxy) is 1. The van der Waals surface area contributed by atoms with Crippen LogP contribution in [0, 0.1) is 0 Å². The van der Waals surface area contributed by atoms with Gasteiger partial charge >= 0.3 is 0 Å². The summed E-state index contributed by atoms with van der Waals surface area (Å²) in [6, 6.07) is 3.27. The van der Waals surface area contributed by atoms with Crippen LogP contribution in [0.2, 0.25) is 0 Å². The van der Waals surface area contributed by atoms with Gasteiger partial charge in [-0.3, -0.25) is 4.79 Å². The monoisotopic (exact) mass is 278 g/mol. The molecule has 110 valence electrons. The number of nitrogens with two attached hydrogens (primary N) is 2. The second-order valence-electron chi connectivity index (χ2n) is 5.34. The van der Waals surface area contributed by atoms with Gasteiger partial charge in [-0.2, -0.15) is 4.98 Å². The highest BCUT2D eigenvalue weighted by molar-refractivity contribution is 5.83. The van der Waals surface area contributed by atoms with E-state index in [2.05, 4.69) is 4.98 Å². The van der Waals surface area contributed by atoms with E-state index in [1.54, 1.807) is 6.07 Å². The number of aromatic nitrogens is 1. The number of primary amides is 1. The fraction of sp³-hybridized carbons (Fsp3) is 0.571. The zero-order valence-corrected chi connectivity index (χ0v) is 12.0. The molecule has 1 aliphatic heterocycles. The third kappa shape index (κ3) is 3.12. The second kappa shape index (κ2) is 5.98. The predicted octanol–water partition coefficient (Wildman–Crippen LogP) is 1.30. The lowest BCUT2D eigenvalue weighted by Crippen LogP contribution is -2.48. The average Bonchev–Trinajstić information content (AvgIpc) is 2.40. The molecule has 0 radical (unpaired) electrons. The van der Waals surface area contributed by atoms with Crippen LogP contribution < -0.4 is 21.1 Å². The summed E-state index contributed by atoms with van der Waals surface area (Å²) >= 11 is 0. The number of pyridine rings is 1. The van der Waals surface area contributed by atoms with Crippen molar-refractivity contribution in [2.75, 3.05) is 17.2 Å². The summed E-state index contributed by atoms with van der Waals surface area (Å²) < 4.78 is 5.59. The molecule has 0 saturated carbocycles. The van der Waals surface area contributed by atoms with E-state index in [4.69, 9.17) is 16.2 Å². The third-order valence-electron chi connectivity index (χ3n) is 3.35. The summed E-state index contributed by atoms with van der Waals surface area (Å²) in [4.78, 5) is 17.9. The zero-order valence-electron chi connectivity index (χ0n) is 12.0. The molecule has 1 amide bonds. The summed E-state index contributed by atoms with van der Waals surface area (Å²) in [5, 5.41) is 0. The standard InChI is InChI=1S/C14H22N4O2/c1-9(2)20-14-10(15)6-7-12(17-14)18-8-4-3-5-11(18)13(16)19/h6-7,9,11H,3-5,8,15H2,1-2H3,(H2,16,19). The predicted molar refractivity (Wildman–Crippen MR) is 78.6 cm³/mol. The summed E-state index contributed by atoms with van der Waals surface area (Å²) in [7, 11) is 0. The van der Waals surface area contributed by atoms with Crippen molar-refractivity contribution in [3.8, 4) is 5.88 Å². The number of carbonyl (C=O) groups excluding carboxylic acids is 1. The molecule has 6 heteroatoms. The fourth-order valence-corrected chi connectivity index (χ4v) is 2.42. The Balaban J connectivity index is 2.28. The van der Waals surface area contributed by atoms with Crippen LogP contribution in [-0.2, 0) is 4.79 Å². The van der Waals surface area contributed by atoms with E-state index in [-0.39, 0.29) is 18.1 Å². The van der Waals surface area contributed by atoms with Crippen molar-refractivity contribution in [3.05, 3.63) is 12.1 Å². The van der Waals surface area contributed by atoms with Gasteiger partial charge in [0.15, 0.2) is 0 Å². The Morgan fingerprint density at radius 1 is 1.45 bits per heavy atom. The highest BCUT2D eigenvalue weighted by Crippen LogP contribution is 2.28. The number of rotatable bonds is 4. The van der Waals surface area contributed by atoms with Gasteiger partial charge in [0.05, 0.1) is 11.8 Å². The molecule has 1 aromatic heterocycles. The molecule has 20 heavy (non-hydrogen) atoms. The van der Waals surface area contributed by atoms with Gasteiger partial charge < -0.3 is 21.1 Å². The Morgan fingerprint density at radius 2 is 2.20 bits per heavy atom. The van der Waals surface area contributed by atoms with Crippen LogP contribution in [0.25, 0.3) is 0 Å². The second-order valence-corrected chi connectivity index (χ2v) is 5.34. The van der Waals surface area contributed by atoms with E-state index >= 15 is 0 Å². The number of hydrogen-bond acceptors (Lipinski definition) is 5. The van der Waals surface area contributed by atoms with E-state index in [1.165, 1.54) is 0 Å². The highest BCUT2D eigenvalue weighted by atomic mass is 16.5. The molecular weight excluding hydrogens is 256 g/mol. The maximum atomic E-state index is 11.6. The summed E-state index contributed by atoms with van der Waals surface area (Å²) in [6.07, 6.45) is 2.79. The number of nitrogens with zero attached hydrogens (tertiary/aromatic N) is 2. The molecule has 1 atom stereocenters. The van der Waals surface area contributed by atoms with Gasteiger partial charge in [-0.25, -0.2) is 0 Å². The zero-order chi connectivity index (χ0) is 14.7. The number of hydrogen-bond donors (Lipinski definition) is 2. The summed E-state index contributed by atoms with van der Waals surface area (Å²) in [5.74, 6) is 0.791. The molecule has 0 spiro atoms. The molecule has 0 bridgehead atoms. The number of amides is 1. The molecule has 1 fully saturated rings. The van der Waals surface area contributed by atoms with Gasteiger partial charge in [-0.15, -0.1) is 0 Å². The minimum Gasteiger partial charge on any atom is -0.473 e. The Morgan fingerprint density at radius 3 is 2.85 bits per heavy atom. The molecule has 1 saturated heterocycles. The largest absolute Gasteiger partial charge is 0.473 e. The lowest BCUT2D eigenvalue weighted by Gasteiger charge is -2.34. The molecule has 6 nitrogen and oxygen atoms in total. The van der Waals surface area contributed by atoms with Crippen LogP contribution in [0.15, 0.2) is 12.1 Å². The molecule has 1 unspecified atom stereocenters. The van der Waals surface area contributed by atoms with Crippen LogP contribution in [0.3, 0.4) is 0 Å². The van der Waals surface area contributed by atoms with Gasteiger partial charge in [0, 0.05) is 6.54 Å². The quantitative estimate of drug-likeness (QED) is 0.865. The Hall–Kier alpha value is -1.98. The molecule has 2 rings (SSSR count). The Bertz CT molecular complexity index is 490. The first-order valence-corrected chi connectivity index (χ1v) is 6.98. The van der Waals surface area contributed by atoms with Crippen molar-refractivity contribution in [1.29, 1.82) is 0 Å². The maximum absolute atomic E-state index is 11.6. The van der Waals surface area contributed by atoms with Crippen molar-refractivity contribution >= 4 is 17.4 Å². The fourth-order valence-electron chi connectivity index (χ4n) is 2.42. The van der Waals surface area contributed by atoms with Crippen molar-refractivity contribution in [3.63, 3.8) is 0 Å². The van der Waals surface area contributed by atoms with Crippen molar-refractivity contribution in [2.45, 2.75) is 45.3 Å². The molecule has 2 heterocycles. The van der Waals surface area contributed by atoms with Crippen LogP contribution in [0.1, 0.15) is 33.1 Å². The minimum atomic E-state index is -0.311. The first-order chi connectivity index (χ1) is 9.49. The number of nitrogen functional groups attached to an aromatic ring is 1. The van der Waals surface area contributed by atoms with E-state index < -0.39 is 0 Å². The van der Waals surface area contributed by atoms with Crippen molar-refractivity contribution in [2.24, 2.45) is 5.73 Å². The molecule has 0 aliphatic carbocycles. The highest BCUT2D eigenvalue weighted by Gasteiger charge is 2.28. The van der Waals surface area contributed by atoms with Gasteiger partial charge in [-0.1, -0.05) is 0 Å². The normalized spacial score (nSPS) is 19.1. The first-order valence-electron chi connectivity index (χ1n) is 6.98. The van der Waals surface area contributed by atoms with Crippen molar-refractivity contribution in [1.82, 2.24) is 4.98 Å². The molecule has 0 aromatic carbocycles. The molecule has 4 N–H and O–H groups in total. The SMILES string of the molecule is CC(C)Oc1nc(N2CCCCC2C(N)=O)ccc1N. The average molecular weight is 278 g/mol. The Labute approximate surface area is 119 Å². The molecule has 1 aliphatic rings. The third-order valence-corrected chi connectivity index (χ3v) is 3.35. The summed E-state index contributed by atoms with van der Waals surface area (Å²) in [5.41, 5.74) is 11.8. The van der Waals surface area contributed by atoms with Gasteiger partial charge in [0.1, 0.15) is 11.9 Å². The Kier molecular flexibility index (Phi) is 4.32. The van der Waals surface area contributed by atoms with E-state index in [9.17, 15) is 4.79 Å². The van der Waals surface area contributed by atoms with Crippen LogP contribution >= 0.6 is 0 Å². The van der Waals surface area contributed by atoms with Gasteiger partial charge in [-0.05, 0) is 45.2 Å². The summed E-state index contributed by atoms with van der Waals surface area (Å²) in [6.45, 7) is 4.60. The smallest absolute Gasteiger partial charge is 0.240 e. The van der Waals surface area contributed by atoms with Crippen LogP contribution in [0.5, 0.6) is 5.88 Å².